The highest BCUT2D eigenvalue weighted by Gasteiger charge is 2.25. The molecule has 6 nitrogen and oxygen atoms in total. The summed E-state index contributed by atoms with van der Waals surface area (Å²) in [6, 6.07) is 11.7. The van der Waals surface area contributed by atoms with Crippen LogP contribution >= 0.6 is 23.6 Å². The highest BCUT2D eigenvalue weighted by Crippen LogP contribution is 2.40. The number of esters is 1. The zero-order valence-electron chi connectivity index (χ0n) is 16.2. The summed E-state index contributed by atoms with van der Waals surface area (Å²) in [5.41, 5.74) is 3.34. The topological polar surface area (TPSA) is 68.2 Å². The molecule has 2 N–H and O–H groups in total. The second-order valence-electron chi connectivity index (χ2n) is 6.20. The quantitative estimate of drug-likeness (QED) is 0.464. The Kier molecular flexibility index (Phi) is 6.11. The number of nitrogens with one attached hydrogen (secondary N) is 2. The first-order valence-electron chi connectivity index (χ1n) is 8.85. The normalized spacial score (nSPS) is 10.6. The minimum Gasteiger partial charge on any atom is -0.462 e. The van der Waals surface area contributed by atoms with E-state index in [1.54, 1.807) is 11.6 Å². The molecule has 8 heteroatoms. The molecule has 0 aliphatic carbocycles. The largest absolute Gasteiger partial charge is 0.462 e. The minimum absolute atomic E-state index is 0.303. The zero-order chi connectivity index (χ0) is 20.3. The monoisotopic (exact) mass is 414 g/mol. The molecule has 2 heterocycles. The summed E-state index contributed by atoms with van der Waals surface area (Å²) in [7, 11) is 1.87. The summed E-state index contributed by atoms with van der Waals surface area (Å²) in [4.78, 5) is 13.7. The van der Waals surface area contributed by atoms with E-state index in [4.69, 9.17) is 17.0 Å². The molecule has 0 saturated heterocycles. The number of rotatable bonds is 5. The second-order valence-corrected chi connectivity index (χ2v) is 7.83. The van der Waals surface area contributed by atoms with Crippen LogP contribution in [0.1, 0.15) is 27.9 Å². The van der Waals surface area contributed by atoms with Gasteiger partial charge in [0.15, 0.2) is 10.9 Å². The number of anilines is 2. The molecule has 0 bridgehead atoms. The maximum absolute atomic E-state index is 12.7. The number of hydrogen-bond acceptors (Lipinski definition) is 5. The maximum Gasteiger partial charge on any atom is 0.341 e. The molecule has 0 aliphatic rings. The number of aryl methyl sites for hydroxylation is 3. The molecule has 1 aromatic carbocycles. The van der Waals surface area contributed by atoms with Crippen LogP contribution in [0, 0.1) is 13.8 Å². The molecule has 3 aromatic rings. The summed E-state index contributed by atoms with van der Waals surface area (Å²) in [5, 5.41) is 11.6. The fourth-order valence-electron chi connectivity index (χ4n) is 2.86. The standard InChI is InChI=1S/C20H22N4O2S2/c1-5-26-19(25)17-16(14-9-7-6-8-10-14)13(3)28-18(17)22-20(27)21-15-11-12(2)24(4)23-15/h6-11H,5H2,1-4H3,(H2,21,22,23,27). The van der Waals surface area contributed by atoms with Crippen LogP contribution in [0.4, 0.5) is 10.8 Å². The van der Waals surface area contributed by atoms with Gasteiger partial charge in [-0.1, -0.05) is 30.3 Å². The first-order valence-corrected chi connectivity index (χ1v) is 10.1. The number of thiophene rings is 1. The average Bonchev–Trinajstić information content (AvgIpc) is 3.14. The first kappa shape index (κ1) is 20.0. The van der Waals surface area contributed by atoms with Crippen LogP contribution in [0.2, 0.25) is 0 Å². The number of thiocarbonyl (C=S) groups is 1. The highest BCUT2D eigenvalue weighted by molar-refractivity contribution is 7.80. The van der Waals surface area contributed by atoms with Crippen LogP contribution in [0.15, 0.2) is 36.4 Å². The highest BCUT2D eigenvalue weighted by atomic mass is 32.1. The number of hydrogen-bond donors (Lipinski definition) is 2. The zero-order valence-corrected chi connectivity index (χ0v) is 17.8. The van der Waals surface area contributed by atoms with E-state index >= 15 is 0 Å². The Morgan fingerprint density at radius 1 is 1.25 bits per heavy atom. The SMILES string of the molecule is CCOC(=O)c1c(NC(=S)Nc2cc(C)n(C)n2)sc(C)c1-c1ccccc1. The van der Waals surface area contributed by atoms with Crippen molar-refractivity contribution in [1.29, 1.82) is 0 Å². The number of carbonyl (C=O) groups is 1. The van der Waals surface area contributed by atoms with Crippen LogP contribution in [0.3, 0.4) is 0 Å². The lowest BCUT2D eigenvalue weighted by Crippen LogP contribution is -2.20. The van der Waals surface area contributed by atoms with Crippen molar-refractivity contribution in [2.75, 3.05) is 17.2 Å². The first-order chi connectivity index (χ1) is 13.4. The van der Waals surface area contributed by atoms with Crippen molar-refractivity contribution in [2.45, 2.75) is 20.8 Å². The summed E-state index contributed by atoms with van der Waals surface area (Å²) < 4.78 is 7.07. The van der Waals surface area contributed by atoms with Crippen molar-refractivity contribution in [3.05, 3.63) is 52.5 Å². The van der Waals surface area contributed by atoms with E-state index in [-0.39, 0.29) is 5.97 Å². The number of aromatic nitrogens is 2. The van der Waals surface area contributed by atoms with Crippen LogP contribution in [-0.2, 0) is 11.8 Å². The number of ether oxygens (including phenoxy) is 1. The molecular formula is C20H22N4O2S2. The van der Waals surface area contributed by atoms with Gasteiger partial charge in [0.1, 0.15) is 10.6 Å². The van der Waals surface area contributed by atoms with Gasteiger partial charge in [-0.05, 0) is 38.6 Å². The van der Waals surface area contributed by atoms with E-state index in [9.17, 15) is 4.79 Å². The predicted octanol–water partition coefficient (Wildman–Crippen LogP) is 4.75. The molecule has 0 fully saturated rings. The molecule has 0 saturated carbocycles. The molecule has 28 heavy (non-hydrogen) atoms. The van der Waals surface area contributed by atoms with Gasteiger partial charge in [0, 0.05) is 29.2 Å². The Labute approximate surface area is 173 Å². The molecule has 3 rings (SSSR count). The Morgan fingerprint density at radius 2 is 1.96 bits per heavy atom. The molecule has 0 aliphatic heterocycles. The van der Waals surface area contributed by atoms with Gasteiger partial charge >= 0.3 is 5.97 Å². The van der Waals surface area contributed by atoms with Crippen molar-refractivity contribution in [3.63, 3.8) is 0 Å². The second kappa shape index (κ2) is 8.53. The third-order valence-corrected chi connectivity index (χ3v) is 5.43. The van der Waals surface area contributed by atoms with Crippen molar-refractivity contribution in [3.8, 4) is 11.1 Å². The minimum atomic E-state index is -0.371. The summed E-state index contributed by atoms with van der Waals surface area (Å²) >= 11 is 6.91. The van der Waals surface area contributed by atoms with Crippen LogP contribution < -0.4 is 10.6 Å². The Bertz CT molecular complexity index is 989. The molecule has 0 radical (unpaired) electrons. The molecule has 146 valence electrons. The van der Waals surface area contributed by atoms with Gasteiger partial charge in [-0.15, -0.1) is 11.3 Å². The Hall–Kier alpha value is -2.71. The summed E-state index contributed by atoms with van der Waals surface area (Å²) in [6.07, 6.45) is 0. The fourth-order valence-corrected chi connectivity index (χ4v) is 4.20. The Balaban J connectivity index is 1.93. The third kappa shape index (κ3) is 4.23. The Morgan fingerprint density at radius 3 is 2.57 bits per heavy atom. The van der Waals surface area contributed by atoms with Crippen LogP contribution in [0.5, 0.6) is 0 Å². The molecule has 0 amide bonds. The van der Waals surface area contributed by atoms with E-state index in [1.165, 1.54) is 11.3 Å². The lowest BCUT2D eigenvalue weighted by atomic mass is 10.0. The van der Waals surface area contributed by atoms with Crippen molar-refractivity contribution >= 4 is 45.5 Å². The summed E-state index contributed by atoms with van der Waals surface area (Å²) in [6.45, 7) is 6.04. The number of carbonyl (C=O) groups excluding carboxylic acids is 1. The molecule has 0 unspecified atom stereocenters. The molecule has 0 spiro atoms. The summed E-state index contributed by atoms with van der Waals surface area (Å²) in [5.74, 6) is 0.274. The van der Waals surface area contributed by atoms with Gasteiger partial charge < -0.3 is 15.4 Å². The van der Waals surface area contributed by atoms with E-state index in [1.807, 2.05) is 57.3 Å². The van der Waals surface area contributed by atoms with Crippen LogP contribution in [0.25, 0.3) is 11.1 Å². The van der Waals surface area contributed by atoms with E-state index in [0.717, 1.165) is 21.7 Å². The van der Waals surface area contributed by atoms with E-state index < -0.39 is 0 Å². The van der Waals surface area contributed by atoms with Crippen molar-refractivity contribution in [1.82, 2.24) is 9.78 Å². The molecular weight excluding hydrogens is 392 g/mol. The van der Waals surface area contributed by atoms with E-state index in [0.29, 0.717) is 28.1 Å². The van der Waals surface area contributed by atoms with Gasteiger partial charge in [-0.3, -0.25) is 4.68 Å². The van der Waals surface area contributed by atoms with Gasteiger partial charge in [-0.25, -0.2) is 4.79 Å². The van der Waals surface area contributed by atoms with Crippen LogP contribution in [-0.4, -0.2) is 27.5 Å². The fraction of sp³-hybridized carbons (Fsp3) is 0.250. The smallest absolute Gasteiger partial charge is 0.341 e. The average molecular weight is 415 g/mol. The molecule has 0 atom stereocenters. The number of nitrogens with zero attached hydrogens (tertiary/aromatic N) is 2. The van der Waals surface area contributed by atoms with Gasteiger partial charge in [0.25, 0.3) is 0 Å². The molecule has 2 aromatic heterocycles. The van der Waals surface area contributed by atoms with Crippen molar-refractivity contribution in [2.24, 2.45) is 7.05 Å². The van der Waals surface area contributed by atoms with E-state index in [2.05, 4.69) is 15.7 Å². The maximum atomic E-state index is 12.7. The van der Waals surface area contributed by atoms with Gasteiger partial charge in [-0.2, -0.15) is 5.10 Å². The lowest BCUT2D eigenvalue weighted by Gasteiger charge is -2.10. The van der Waals surface area contributed by atoms with Gasteiger partial charge in [0.05, 0.1) is 6.61 Å². The van der Waals surface area contributed by atoms with Gasteiger partial charge in [0.2, 0.25) is 0 Å². The lowest BCUT2D eigenvalue weighted by molar-refractivity contribution is 0.0529. The third-order valence-electron chi connectivity index (χ3n) is 4.21. The van der Waals surface area contributed by atoms with Crippen molar-refractivity contribution < 1.29 is 9.53 Å². The predicted molar refractivity (Wildman–Crippen MR) is 118 cm³/mol. The number of benzene rings is 1.